The van der Waals surface area contributed by atoms with Crippen LogP contribution in [-0.2, 0) is 12.1 Å². The molecule has 2 atom stereocenters. The first-order chi connectivity index (χ1) is 15.4. The Bertz CT molecular complexity index is 1200. The molecule has 10 heteroatoms. The topological polar surface area (TPSA) is 123 Å². The first-order valence-corrected chi connectivity index (χ1v) is 10.6. The molecular formula is C23H28FN5O4. The first kappa shape index (κ1) is 23.1. The summed E-state index contributed by atoms with van der Waals surface area (Å²) >= 11 is 0. The van der Waals surface area contributed by atoms with Gasteiger partial charge in [-0.1, -0.05) is 0 Å². The number of aromatic nitrogens is 3. The van der Waals surface area contributed by atoms with Crippen molar-refractivity contribution in [2.45, 2.75) is 57.8 Å². The molecule has 3 heterocycles. The maximum absolute atomic E-state index is 14.4. The van der Waals surface area contributed by atoms with Crippen LogP contribution in [0.15, 0.2) is 36.8 Å². The fourth-order valence-electron chi connectivity index (χ4n) is 3.88. The molecule has 0 fully saturated rings. The second-order valence-corrected chi connectivity index (χ2v) is 9.46. The summed E-state index contributed by atoms with van der Waals surface area (Å²) in [7, 11) is 0. The van der Waals surface area contributed by atoms with E-state index in [2.05, 4.69) is 15.4 Å². The maximum atomic E-state index is 14.4. The van der Waals surface area contributed by atoms with Crippen LogP contribution in [-0.4, -0.2) is 59.0 Å². The van der Waals surface area contributed by atoms with Gasteiger partial charge in [0.25, 0.3) is 5.91 Å². The molecule has 33 heavy (non-hydrogen) atoms. The predicted molar refractivity (Wildman–Crippen MR) is 119 cm³/mol. The highest BCUT2D eigenvalue weighted by molar-refractivity contribution is 5.99. The molecule has 176 valence electrons. The summed E-state index contributed by atoms with van der Waals surface area (Å²) < 4.78 is 16.0. The summed E-state index contributed by atoms with van der Waals surface area (Å²) in [5.74, 6) is -0.374. The van der Waals surface area contributed by atoms with Crippen molar-refractivity contribution in [1.82, 2.24) is 19.5 Å². The van der Waals surface area contributed by atoms with Crippen LogP contribution in [0.25, 0.3) is 5.65 Å². The van der Waals surface area contributed by atoms with Gasteiger partial charge in [0.1, 0.15) is 6.17 Å². The number of hydrogen-bond acceptors (Lipinski definition) is 7. The van der Waals surface area contributed by atoms with Gasteiger partial charge in [0, 0.05) is 35.8 Å². The quantitative estimate of drug-likeness (QED) is 0.401. The number of benzene rings is 1. The molecule has 0 spiro atoms. The van der Waals surface area contributed by atoms with Gasteiger partial charge in [0.05, 0.1) is 29.5 Å². The summed E-state index contributed by atoms with van der Waals surface area (Å²) in [6, 6.07) is 4.97. The number of aliphatic hydroxyl groups excluding tert-OH is 1. The Kier molecular flexibility index (Phi) is 5.63. The minimum Gasteiger partial charge on any atom is -0.387 e. The van der Waals surface area contributed by atoms with E-state index in [1.807, 2.05) is 0 Å². The Balaban J connectivity index is 1.66. The SMILES string of the molecule is CC(C)(O)c1cc2c(cc1NC(O)c1cnn3cccnc13)CN(C[C@@H](F)C(C)(C)O)C2=O. The van der Waals surface area contributed by atoms with E-state index in [0.717, 1.165) is 0 Å². The molecule has 0 bridgehead atoms. The molecule has 4 N–H and O–H groups in total. The van der Waals surface area contributed by atoms with Crippen LogP contribution in [0.3, 0.4) is 0 Å². The second kappa shape index (κ2) is 8.05. The largest absolute Gasteiger partial charge is 0.387 e. The fourth-order valence-corrected chi connectivity index (χ4v) is 3.88. The molecular weight excluding hydrogens is 429 g/mol. The first-order valence-electron chi connectivity index (χ1n) is 10.6. The van der Waals surface area contributed by atoms with Gasteiger partial charge in [0.15, 0.2) is 11.9 Å². The number of halogens is 1. The van der Waals surface area contributed by atoms with E-state index in [1.54, 1.807) is 44.4 Å². The van der Waals surface area contributed by atoms with Crippen molar-refractivity contribution in [1.29, 1.82) is 0 Å². The monoisotopic (exact) mass is 457 g/mol. The van der Waals surface area contributed by atoms with Crippen molar-refractivity contribution in [3.63, 3.8) is 0 Å². The molecule has 4 rings (SSSR count). The van der Waals surface area contributed by atoms with Gasteiger partial charge in [-0.2, -0.15) is 5.10 Å². The lowest BCUT2D eigenvalue weighted by molar-refractivity contribution is -0.0159. The minimum absolute atomic E-state index is 0.153. The van der Waals surface area contributed by atoms with Crippen molar-refractivity contribution in [2.24, 2.45) is 0 Å². The number of carbonyl (C=O) groups is 1. The van der Waals surface area contributed by atoms with Crippen LogP contribution in [0.1, 0.15) is 61.0 Å². The van der Waals surface area contributed by atoms with Gasteiger partial charge >= 0.3 is 0 Å². The smallest absolute Gasteiger partial charge is 0.254 e. The summed E-state index contributed by atoms with van der Waals surface area (Å²) in [6.07, 6.45) is 2.00. The standard InChI is InChI=1S/C23H28FN5O4/c1-22(2,32)16-9-14-13(11-28(21(14)31)12-18(24)23(3,4)33)8-17(16)27-20(30)15-10-26-29-7-5-6-25-19(15)29/h5-10,18,20,27,30,32-33H,11-12H2,1-4H3/t18-,20?/m1/s1. The van der Waals surface area contributed by atoms with Gasteiger partial charge in [-0.25, -0.2) is 13.9 Å². The van der Waals surface area contributed by atoms with Crippen molar-refractivity contribution < 1.29 is 24.5 Å². The van der Waals surface area contributed by atoms with Gasteiger partial charge in [-0.3, -0.25) is 4.79 Å². The van der Waals surface area contributed by atoms with E-state index in [4.69, 9.17) is 0 Å². The number of nitrogens with one attached hydrogen (secondary N) is 1. The molecule has 9 nitrogen and oxygen atoms in total. The van der Waals surface area contributed by atoms with Crippen molar-refractivity contribution >= 4 is 17.2 Å². The molecule has 2 aromatic heterocycles. The third kappa shape index (κ3) is 4.41. The highest BCUT2D eigenvalue weighted by Crippen LogP contribution is 2.36. The Morgan fingerprint density at radius 3 is 2.64 bits per heavy atom. The van der Waals surface area contributed by atoms with Crippen LogP contribution in [0.5, 0.6) is 0 Å². The molecule has 0 aliphatic carbocycles. The number of nitrogens with zero attached hydrogens (tertiary/aromatic N) is 4. The average molecular weight is 458 g/mol. The molecule has 1 amide bonds. The van der Waals surface area contributed by atoms with Gasteiger partial charge < -0.3 is 25.5 Å². The highest BCUT2D eigenvalue weighted by atomic mass is 19.1. The molecule has 0 saturated carbocycles. The number of fused-ring (bicyclic) bond motifs is 2. The average Bonchev–Trinajstić information content (AvgIpc) is 3.27. The predicted octanol–water partition coefficient (Wildman–Crippen LogP) is 2.12. The fraction of sp³-hybridized carbons (Fsp3) is 0.435. The van der Waals surface area contributed by atoms with Gasteiger partial charge in [-0.05, 0) is 51.5 Å². The van der Waals surface area contributed by atoms with E-state index in [-0.39, 0.29) is 19.0 Å². The summed E-state index contributed by atoms with van der Waals surface area (Å²) in [4.78, 5) is 18.5. The molecule has 3 aromatic rings. The zero-order valence-corrected chi connectivity index (χ0v) is 18.9. The van der Waals surface area contributed by atoms with Crippen LogP contribution in [0.4, 0.5) is 10.1 Å². The Labute approximate surface area is 190 Å². The number of carbonyl (C=O) groups excluding carboxylic acids is 1. The number of aliphatic hydroxyl groups is 3. The van der Waals surface area contributed by atoms with Crippen LogP contribution in [0, 0.1) is 0 Å². The summed E-state index contributed by atoms with van der Waals surface area (Å²) in [5.41, 5.74) is -0.174. The highest BCUT2D eigenvalue weighted by Gasteiger charge is 2.36. The second-order valence-electron chi connectivity index (χ2n) is 9.46. The molecule has 1 aliphatic heterocycles. The number of amides is 1. The van der Waals surface area contributed by atoms with Crippen molar-refractivity contribution in [3.8, 4) is 0 Å². The minimum atomic E-state index is -1.62. The third-order valence-electron chi connectivity index (χ3n) is 5.82. The maximum Gasteiger partial charge on any atom is 0.254 e. The normalized spacial score (nSPS) is 16.2. The van der Waals surface area contributed by atoms with Crippen molar-refractivity contribution in [3.05, 3.63) is 59.0 Å². The zero-order chi connectivity index (χ0) is 24.1. The van der Waals surface area contributed by atoms with Crippen molar-refractivity contribution in [2.75, 3.05) is 11.9 Å². The lowest BCUT2D eigenvalue weighted by Crippen LogP contribution is -2.42. The van der Waals surface area contributed by atoms with E-state index in [1.165, 1.54) is 29.5 Å². The van der Waals surface area contributed by atoms with Gasteiger partial charge in [-0.15, -0.1) is 0 Å². The van der Waals surface area contributed by atoms with Crippen LogP contribution >= 0.6 is 0 Å². The van der Waals surface area contributed by atoms with Crippen LogP contribution in [0.2, 0.25) is 0 Å². The zero-order valence-electron chi connectivity index (χ0n) is 18.9. The number of alkyl halides is 1. The van der Waals surface area contributed by atoms with E-state index < -0.39 is 23.6 Å². The Hall–Kier alpha value is -3.08. The van der Waals surface area contributed by atoms with Crippen LogP contribution < -0.4 is 5.32 Å². The number of hydrogen-bond donors (Lipinski definition) is 4. The molecule has 0 radical (unpaired) electrons. The molecule has 1 aliphatic rings. The van der Waals surface area contributed by atoms with E-state index in [9.17, 15) is 24.5 Å². The lowest BCUT2D eigenvalue weighted by atomic mass is 9.92. The molecule has 1 aromatic carbocycles. The Morgan fingerprint density at radius 1 is 1.24 bits per heavy atom. The number of rotatable bonds is 7. The molecule has 0 saturated heterocycles. The summed E-state index contributed by atoms with van der Waals surface area (Å²) in [6.45, 7) is 5.76. The molecule has 1 unspecified atom stereocenters. The van der Waals surface area contributed by atoms with E-state index in [0.29, 0.717) is 33.6 Å². The number of anilines is 1. The Morgan fingerprint density at radius 2 is 1.97 bits per heavy atom. The summed E-state index contributed by atoms with van der Waals surface area (Å²) in [5, 5.41) is 38.7. The third-order valence-corrected chi connectivity index (χ3v) is 5.82. The van der Waals surface area contributed by atoms with Gasteiger partial charge in [0.2, 0.25) is 0 Å². The van der Waals surface area contributed by atoms with E-state index >= 15 is 0 Å². The lowest BCUT2D eigenvalue weighted by Gasteiger charge is -2.26.